The second-order valence-electron chi connectivity index (χ2n) is 14.3. The summed E-state index contributed by atoms with van der Waals surface area (Å²) >= 11 is -0.182. The van der Waals surface area contributed by atoms with Crippen LogP contribution in [0.25, 0.3) is 0 Å². The molecule has 9 heteroatoms. The number of carboxylic acid groups (broad SMARTS) is 4. The van der Waals surface area contributed by atoms with Crippen molar-refractivity contribution >= 4 is 45.0 Å². The summed E-state index contributed by atoms with van der Waals surface area (Å²) < 4.78 is 1.31. The van der Waals surface area contributed by atoms with Gasteiger partial charge in [0, 0.05) is 23.9 Å². The third-order valence-corrected chi connectivity index (χ3v) is 11.4. The van der Waals surface area contributed by atoms with Crippen LogP contribution in [0.3, 0.4) is 0 Å². The fourth-order valence-electron chi connectivity index (χ4n) is 5.21. The summed E-state index contributed by atoms with van der Waals surface area (Å²) in [5.41, 5.74) is 0. The molecular weight excluding hydrogens is 679 g/mol. The van der Waals surface area contributed by atoms with Crippen molar-refractivity contribution in [2.75, 3.05) is 0 Å². The summed E-state index contributed by atoms with van der Waals surface area (Å²) in [7, 11) is 0. The zero-order chi connectivity index (χ0) is 35.3. The van der Waals surface area contributed by atoms with Crippen LogP contribution < -0.4 is 20.4 Å². The predicted octanol–water partition coefficient (Wildman–Crippen LogP) is 5.17. The Labute approximate surface area is 286 Å². The van der Waals surface area contributed by atoms with Crippen LogP contribution in [0.2, 0.25) is 6.86 Å². The number of rotatable bonds is 24. The van der Waals surface area contributed by atoms with Gasteiger partial charge in [-0.1, -0.05) is 90.9 Å². The van der Waals surface area contributed by atoms with Gasteiger partial charge in [-0.05, 0) is 63.2 Å². The Morgan fingerprint density at radius 1 is 0.467 bits per heavy atom. The molecule has 262 valence electrons. The van der Waals surface area contributed by atoms with Crippen LogP contribution in [0.4, 0.5) is 0 Å². The standard InChI is InChI=1S/2C14H26O4.2C4H9.Sn/c2*1-2-3-4-5-6-7-9-12(14(17)18)10-8-11-13(15)16;2*1-4(2)3;/h2*12H,2-11H2,1H3,(H,15,16)(H,17,18);2*1-3H3;/q;;;;+4/p-4. The van der Waals surface area contributed by atoms with Gasteiger partial charge in [-0.15, -0.1) is 0 Å². The van der Waals surface area contributed by atoms with E-state index in [1.54, 1.807) is 0 Å². The SMILES string of the molecule is CCCCCCCCC(CCCC(=O)[O-])C(=O)[O-].CCCCCCCCC(CCCC(=O)[O-])C(=O)[O-].C[C](C)(C)[Sn+4][C](C)(C)C. The second kappa shape index (κ2) is 30.0. The first-order valence-electron chi connectivity index (χ1n) is 17.5. The number of hydrogen-bond acceptors (Lipinski definition) is 8. The van der Waals surface area contributed by atoms with Gasteiger partial charge in [0.2, 0.25) is 0 Å². The molecule has 0 fully saturated rings. The van der Waals surface area contributed by atoms with Crippen molar-refractivity contribution in [3.8, 4) is 0 Å². The predicted molar refractivity (Wildman–Crippen MR) is 176 cm³/mol. The van der Waals surface area contributed by atoms with Crippen LogP contribution >= 0.6 is 0 Å². The molecule has 0 aromatic carbocycles. The second-order valence-corrected chi connectivity index (χ2v) is 23.6. The quantitative estimate of drug-likeness (QED) is 0.0966. The van der Waals surface area contributed by atoms with Gasteiger partial charge in [-0.3, -0.25) is 0 Å². The summed E-state index contributed by atoms with van der Waals surface area (Å²) in [6.45, 7) is 18.5. The van der Waals surface area contributed by atoms with E-state index >= 15 is 0 Å². The van der Waals surface area contributed by atoms with E-state index < -0.39 is 35.7 Å². The normalized spacial score (nSPS) is 12.6. The first-order chi connectivity index (χ1) is 20.9. The molecule has 0 aliphatic heterocycles. The molecule has 0 bridgehead atoms. The molecule has 45 heavy (non-hydrogen) atoms. The molecule has 0 aromatic rings. The van der Waals surface area contributed by atoms with E-state index in [0.29, 0.717) is 45.4 Å². The van der Waals surface area contributed by atoms with Crippen LogP contribution in [-0.4, -0.2) is 45.0 Å². The van der Waals surface area contributed by atoms with Gasteiger partial charge >= 0.3 is 69.5 Å². The molecule has 0 aliphatic carbocycles. The van der Waals surface area contributed by atoms with E-state index in [4.69, 9.17) is 0 Å². The fourth-order valence-corrected chi connectivity index (χ4v) is 11.6. The van der Waals surface area contributed by atoms with E-state index in [1.807, 2.05) is 0 Å². The molecule has 2 atom stereocenters. The number of carboxylic acids is 4. The summed E-state index contributed by atoms with van der Waals surface area (Å²) in [5.74, 6) is -5.35. The van der Waals surface area contributed by atoms with Crippen molar-refractivity contribution in [2.45, 2.75) is 191 Å². The molecule has 0 saturated carbocycles. The van der Waals surface area contributed by atoms with Gasteiger partial charge in [0.05, 0.1) is 0 Å². The Morgan fingerprint density at radius 3 is 0.956 bits per heavy atom. The average Bonchev–Trinajstić information content (AvgIpc) is 2.88. The summed E-state index contributed by atoms with van der Waals surface area (Å²) in [6.07, 6.45) is 16.0. The first-order valence-corrected chi connectivity index (χ1v) is 20.3. The van der Waals surface area contributed by atoms with Crippen LogP contribution in [0.15, 0.2) is 0 Å². The van der Waals surface area contributed by atoms with E-state index in [9.17, 15) is 39.6 Å². The summed E-state index contributed by atoms with van der Waals surface area (Å²) in [5, 5.41) is 42.2. The third-order valence-electron chi connectivity index (χ3n) is 7.10. The van der Waals surface area contributed by atoms with Gasteiger partial charge in [0.15, 0.2) is 0 Å². The molecule has 0 amide bonds. The molecular formula is C36H66O8Sn. The van der Waals surface area contributed by atoms with Gasteiger partial charge in [0.25, 0.3) is 0 Å². The Morgan fingerprint density at radius 2 is 0.733 bits per heavy atom. The minimum atomic E-state index is -1.12. The molecule has 0 saturated heterocycles. The van der Waals surface area contributed by atoms with Crippen molar-refractivity contribution in [2.24, 2.45) is 11.8 Å². The molecule has 2 unspecified atom stereocenters. The van der Waals surface area contributed by atoms with E-state index in [-0.39, 0.29) is 34.0 Å². The van der Waals surface area contributed by atoms with E-state index in [1.165, 1.54) is 38.5 Å². The topological polar surface area (TPSA) is 161 Å². The average molecular weight is 746 g/mol. The number of hydrogen-bond donors (Lipinski definition) is 0. The molecule has 8 nitrogen and oxygen atoms in total. The number of carbonyl (C=O) groups excluding carboxylic acids is 4. The Kier molecular flexibility index (Phi) is 32.1. The molecule has 6 radical (unpaired) electrons. The van der Waals surface area contributed by atoms with Gasteiger partial charge in [-0.2, -0.15) is 0 Å². The van der Waals surface area contributed by atoms with Gasteiger partial charge < -0.3 is 39.6 Å². The van der Waals surface area contributed by atoms with Crippen molar-refractivity contribution in [3.63, 3.8) is 0 Å². The monoisotopic (exact) mass is 746 g/mol. The van der Waals surface area contributed by atoms with Crippen molar-refractivity contribution in [1.29, 1.82) is 0 Å². The molecule has 0 N–H and O–H groups in total. The molecule has 0 spiro atoms. The Hall–Kier alpha value is -1.32. The van der Waals surface area contributed by atoms with Gasteiger partial charge in [0.1, 0.15) is 0 Å². The van der Waals surface area contributed by atoms with Crippen molar-refractivity contribution < 1.29 is 39.6 Å². The number of unbranched alkanes of at least 4 members (excludes halogenated alkanes) is 10. The number of carbonyl (C=O) groups is 4. The molecule has 0 aromatic heterocycles. The fraction of sp³-hybridized carbons (Fsp3) is 0.889. The Bertz CT molecular complexity index is 693. The van der Waals surface area contributed by atoms with Crippen LogP contribution in [0, 0.1) is 11.8 Å². The van der Waals surface area contributed by atoms with Crippen molar-refractivity contribution in [1.82, 2.24) is 0 Å². The van der Waals surface area contributed by atoms with Crippen LogP contribution in [0.1, 0.15) is 184 Å². The Balaban J connectivity index is -0.000000622. The number of aliphatic carboxylic acids is 4. The van der Waals surface area contributed by atoms with Crippen molar-refractivity contribution in [3.05, 3.63) is 0 Å². The zero-order valence-electron chi connectivity index (χ0n) is 30.1. The first kappa shape index (κ1) is 48.1. The third kappa shape index (κ3) is 42.7. The molecule has 0 rings (SSSR count). The molecule has 0 heterocycles. The molecule has 0 aliphatic rings. The maximum atomic E-state index is 10.9. The van der Waals surface area contributed by atoms with E-state index in [2.05, 4.69) is 55.4 Å². The summed E-state index contributed by atoms with van der Waals surface area (Å²) in [4.78, 5) is 42.2. The van der Waals surface area contributed by atoms with Crippen LogP contribution in [0.5, 0.6) is 0 Å². The van der Waals surface area contributed by atoms with E-state index in [0.717, 1.165) is 38.5 Å². The van der Waals surface area contributed by atoms with Gasteiger partial charge in [-0.25, -0.2) is 0 Å². The minimum absolute atomic E-state index is 0.0692. The van der Waals surface area contributed by atoms with Crippen LogP contribution in [-0.2, 0) is 19.2 Å². The summed E-state index contributed by atoms with van der Waals surface area (Å²) in [6, 6.07) is 0. The maximum absolute atomic E-state index is 10.9. The zero-order valence-corrected chi connectivity index (χ0v) is 32.9.